The lowest BCUT2D eigenvalue weighted by molar-refractivity contribution is 0.460. The molecule has 1 unspecified atom stereocenters. The number of halogens is 1. The molecule has 6 heteroatoms. The maximum Gasteiger partial charge on any atom is 0.217 e. The van der Waals surface area contributed by atoms with Crippen LogP contribution in [0.5, 0.6) is 0 Å². The van der Waals surface area contributed by atoms with Gasteiger partial charge in [0.15, 0.2) is 0 Å². The van der Waals surface area contributed by atoms with Crippen LogP contribution >= 0.6 is 11.6 Å². The SMILES string of the molecule is CC(CCl)S(=O)(=O)N(C)Cc1ccncc1. The molecule has 90 valence electrons. The molecule has 0 saturated carbocycles. The molecule has 0 aliphatic heterocycles. The number of sulfonamides is 1. The van der Waals surface area contributed by atoms with Gasteiger partial charge in [0.25, 0.3) is 0 Å². The van der Waals surface area contributed by atoms with Crippen molar-refractivity contribution in [2.45, 2.75) is 18.7 Å². The topological polar surface area (TPSA) is 50.3 Å². The molecule has 0 amide bonds. The van der Waals surface area contributed by atoms with E-state index in [1.807, 2.05) is 0 Å². The van der Waals surface area contributed by atoms with Crippen molar-refractivity contribution in [3.8, 4) is 0 Å². The smallest absolute Gasteiger partial charge is 0.217 e. The number of hydrogen-bond donors (Lipinski definition) is 0. The lowest BCUT2D eigenvalue weighted by atomic mass is 10.3. The van der Waals surface area contributed by atoms with E-state index in [-0.39, 0.29) is 5.88 Å². The molecule has 1 aromatic heterocycles. The van der Waals surface area contributed by atoms with E-state index in [1.54, 1.807) is 38.5 Å². The van der Waals surface area contributed by atoms with Crippen LogP contribution in [0.1, 0.15) is 12.5 Å². The zero-order valence-electron chi connectivity index (χ0n) is 9.30. The molecule has 4 nitrogen and oxygen atoms in total. The highest BCUT2D eigenvalue weighted by Gasteiger charge is 2.24. The van der Waals surface area contributed by atoms with Gasteiger partial charge in [0.05, 0.1) is 5.25 Å². The Labute approximate surface area is 101 Å². The summed E-state index contributed by atoms with van der Waals surface area (Å²) in [5.41, 5.74) is 0.905. The van der Waals surface area contributed by atoms with Gasteiger partial charge in [-0.3, -0.25) is 4.98 Å². The van der Waals surface area contributed by atoms with Gasteiger partial charge in [0.2, 0.25) is 10.0 Å². The monoisotopic (exact) mass is 262 g/mol. The summed E-state index contributed by atoms with van der Waals surface area (Å²) in [4.78, 5) is 3.88. The number of hydrogen-bond acceptors (Lipinski definition) is 3. The molecule has 0 aliphatic rings. The van der Waals surface area contributed by atoms with E-state index in [1.165, 1.54) is 4.31 Å². The minimum atomic E-state index is -3.31. The van der Waals surface area contributed by atoms with E-state index >= 15 is 0 Å². The highest BCUT2D eigenvalue weighted by atomic mass is 35.5. The standard InChI is InChI=1S/C10H15ClN2O2S/c1-9(7-11)16(14,15)13(2)8-10-3-5-12-6-4-10/h3-6,9H,7-8H2,1-2H3. The Morgan fingerprint density at radius 3 is 2.50 bits per heavy atom. The van der Waals surface area contributed by atoms with Crippen LogP contribution in [0.3, 0.4) is 0 Å². The average Bonchev–Trinajstić information content (AvgIpc) is 2.29. The molecule has 0 aromatic carbocycles. The van der Waals surface area contributed by atoms with Crippen molar-refractivity contribution in [1.29, 1.82) is 0 Å². The predicted molar refractivity (Wildman–Crippen MR) is 64.8 cm³/mol. The predicted octanol–water partition coefficient (Wildman–Crippen LogP) is 1.47. The fourth-order valence-electron chi connectivity index (χ4n) is 1.22. The zero-order valence-corrected chi connectivity index (χ0v) is 10.9. The fraction of sp³-hybridized carbons (Fsp3) is 0.500. The third-order valence-corrected chi connectivity index (χ3v) is 5.14. The normalized spacial score (nSPS) is 14.0. The van der Waals surface area contributed by atoms with Crippen molar-refractivity contribution in [3.63, 3.8) is 0 Å². The van der Waals surface area contributed by atoms with E-state index in [0.29, 0.717) is 6.54 Å². The van der Waals surface area contributed by atoms with Crippen LogP contribution in [0.15, 0.2) is 24.5 Å². The summed E-state index contributed by atoms with van der Waals surface area (Å²) < 4.78 is 25.1. The first kappa shape index (κ1) is 13.4. The number of rotatable bonds is 5. The molecule has 0 N–H and O–H groups in total. The minimum Gasteiger partial charge on any atom is -0.265 e. The number of nitrogens with zero attached hydrogens (tertiary/aromatic N) is 2. The summed E-state index contributed by atoms with van der Waals surface area (Å²) in [5.74, 6) is 0.100. The van der Waals surface area contributed by atoms with Crippen molar-refractivity contribution >= 4 is 21.6 Å². The van der Waals surface area contributed by atoms with Crippen molar-refractivity contribution in [1.82, 2.24) is 9.29 Å². The first-order valence-corrected chi connectivity index (χ1v) is 6.92. The summed E-state index contributed by atoms with van der Waals surface area (Å²) in [6, 6.07) is 3.58. The molecule has 1 rings (SSSR count). The van der Waals surface area contributed by atoms with Gasteiger partial charge in [-0.05, 0) is 24.6 Å². The first-order valence-electron chi connectivity index (χ1n) is 4.88. The second-order valence-corrected chi connectivity index (χ2v) is 6.39. The maximum atomic E-state index is 11.9. The van der Waals surface area contributed by atoms with Crippen molar-refractivity contribution in [3.05, 3.63) is 30.1 Å². The second-order valence-electron chi connectivity index (χ2n) is 3.62. The number of aromatic nitrogens is 1. The van der Waals surface area contributed by atoms with E-state index in [9.17, 15) is 8.42 Å². The quantitative estimate of drug-likeness (QED) is 0.755. The van der Waals surface area contributed by atoms with Gasteiger partial charge in [0.1, 0.15) is 0 Å². The number of pyridine rings is 1. The molecular formula is C10H15ClN2O2S. The van der Waals surface area contributed by atoms with Gasteiger partial charge in [-0.15, -0.1) is 11.6 Å². The van der Waals surface area contributed by atoms with Crippen LogP contribution in [-0.4, -0.2) is 35.9 Å². The second kappa shape index (κ2) is 5.61. The highest BCUT2D eigenvalue weighted by Crippen LogP contribution is 2.12. The van der Waals surface area contributed by atoms with E-state index in [4.69, 9.17) is 11.6 Å². The van der Waals surface area contributed by atoms with Gasteiger partial charge in [-0.25, -0.2) is 12.7 Å². The van der Waals surface area contributed by atoms with Gasteiger partial charge in [-0.2, -0.15) is 0 Å². The van der Waals surface area contributed by atoms with Crippen LogP contribution < -0.4 is 0 Å². The molecule has 1 atom stereocenters. The van der Waals surface area contributed by atoms with E-state index < -0.39 is 15.3 Å². The zero-order chi connectivity index (χ0) is 12.2. The third-order valence-electron chi connectivity index (χ3n) is 2.31. The third kappa shape index (κ3) is 3.17. The van der Waals surface area contributed by atoms with Crippen molar-refractivity contribution in [2.75, 3.05) is 12.9 Å². The van der Waals surface area contributed by atoms with Crippen LogP contribution in [0.2, 0.25) is 0 Å². The summed E-state index contributed by atoms with van der Waals surface area (Å²) in [5, 5.41) is -0.569. The van der Waals surface area contributed by atoms with E-state index in [0.717, 1.165) is 5.56 Å². The molecule has 16 heavy (non-hydrogen) atoms. The Hall–Kier alpha value is -0.650. The van der Waals surface area contributed by atoms with Crippen LogP contribution in [-0.2, 0) is 16.6 Å². The molecule has 0 saturated heterocycles. The molecule has 0 radical (unpaired) electrons. The summed E-state index contributed by atoms with van der Waals surface area (Å²) >= 11 is 5.57. The van der Waals surface area contributed by atoms with Gasteiger partial charge in [-0.1, -0.05) is 0 Å². The fourth-order valence-corrected chi connectivity index (χ4v) is 2.80. The minimum absolute atomic E-state index is 0.100. The molecule has 0 spiro atoms. The molecule has 0 fully saturated rings. The van der Waals surface area contributed by atoms with Crippen LogP contribution in [0, 0.1) is 0 Å². The molecule has 1 aromatic rings. The Morgan fingerprint density at radius 2 is 2.00 bits per heavy atom. The number of alkyl halides is 1. The molecule has 1 heterocycles. The molecule has 0 aliphatic carbocycles. The Balaban J connectivity index is 2.77. The first-order chi connectivity index (χ1) is 7.48. The van der Waals surface area contributed by atoms with Crippen molar-refractivity contribution < 1.29 is 8.42 Å². The summed E-state index contributed by atoms with van der Waals surface area (Å²) in [6.45, 7) is 1.94. The van der Waals surface area contributed by atoms with Crippen LogP contribution in [0.25, 0.3) is 0 Å². The van der Waals surface area contributed by atoms with Crippen molar-refractivity contribution in [2.24, 2.45) is 0 Å². The lowest BCUT2D eigenvalue weighted by Gasteiger charge is -2.20. The summed E-state index contributed by atoms with van der Waals surface area (Å²) in [7, 11) is -1.75. The van der Waals surface area contributed by atoms with Gasteiger partial charge >= 0.3 is 0 Å². The Morgan fingerprint density at radius 1 is 1.44 bits per heavy atom. The lowest BCUT2D eigenvalue weighted by Crippen LogP contribution is -2.35. The average molecular weight is 263 g/mol. The van der Waals surface area contributed by atoms with Gasteiger partial charge < -0.3 is 0 Å². The Kier molecular flexibility index (Phi) is 4.70. The molecule has 0 bridgehead atoms. The van der Waals surface area contributed by atoms with E-state index in [2.05, 4.69) is 4.98 Å². The Bertz CT molecular complexity index is 422. The van der Waals surface area contributed by atoms with Crippen LogP contribution in [0.4, 0.5) is 0 Å². The highest BCUT2D eigenvalue weighted by molar-refractivity contribution is 7.89. The summed E-state index contributed by atoms with van der Waals surface area (Å²) in [6.07, 6.45) is 3.28. The largest absolute Gasteiger partial charge is 0.265 e. The van der Waals surface area contributed by atoms with Gasteiger partial charge in [0, 0.05) is 31.9 Å². The molecular weight excluding hydrogens is 248 g/mol. The maximum absolute atomic E-state index is 11.9.